The highest BCUT2D eigenvalue weighted by atomic mass is 79.9. The molecule has 0 saturated carbocycles. The molecule has 1 heterocycles. The number of aryl methyl sites for hydroxylation is 1. The smallest absolute Gasteiger partial charge is 0.376 e. The predicted molar refractivity (Wildman–Crippen MR) is 72.3 cm³/mol. The summed E-state index contributed by atoms with van der Waals surface area (Å²) in [6.45, 7) is 1.92. The molecule has 0 spiro atoms. The number of nitrogens with zero attached hydrogens (tertiary/aromatic N) is 2. The summed E-state index contributed by atoms with van der Waals surface area (Å²) in [7, 11) is 1.28. The fraction of sp³-hybridized carbons (Fsp3) is 0.154. The minimum absolute atomic E-state index is 0.0346. The van der Waals surface area contributed by atoms with Crippen LogP contribution in [-0.2, 0) is 4.74 Å². The van der Waals surface area contributed by atoms with Crippen LogP contribution in [0.1, 0.15) is 16.2 Å². The standard InChI is InChI=1S/C13H11BrN2O3/c1-8-3-4-9(14)7-10(8)19-11-5-6-15-12(16-11)13(17)18-2/h3-7H,1-2H3. The lowest BCUT2D eigenvalue weighted by molar-refractivity contribution is 0.0585. The van der Waals surface area contributed by atoms with Gasteiger partial charge < -0.3 is 9.47 Å². The van der Waals surface area contributed by atoms with E-state index in [1.165, 1.54) is 13.3 Å². The van der Waals surface area contributed by atoms with Crippen LogP contribution in [0.25, 0.3) is 0 Å². The minimum Gasteiger partial charge on any atom is -0.463 e. The second-order valence-corrected chi connectivity index (χ2v) is 4.64. The van der Waals surface area contributed by atoms with Crippen molar-refractivity contribution in [2.75, 3.05) is 7.11 Å². The first-order chi connectivity index (χ1) is 9.10. The number of halogens is 1. The summed E-state index contributed by atoms with van der Waals surface area (Å²) >= 11 is 3.37. The molecule has 1 aromatic heterocycles. The number of benzene rings is 1. The van der Waals surface area contributed by atoms with Gasteiger partial charge in [-0.25, -0.2) is 9.78 Å². The molecule has 0 atom stereocenters. The third-order valence-electron chi connectivity index (χ3n) is 2.36. The van der Waals surface area contributed by atoms with Crippen molar-refractivity contribution in [1.82, 2.24) is 9.97 Å². The van der Waals surface area contributed by atoms with Crippen molar-refractivity contribution >= 4 is 21.9 Å². The fourth-order valence-electron chi connectivity index (χ4n) is 1.39. The van der Waals surface area contributed by atoms with E-state index >= 15 is 0 Å². The van der Waals surface area contributed by atoms with Gasteiger partial charge >= 0.3 is 5.97 Å². The summed E-state index contributed by atoms with van der Waals surface area (Å²) in [5, 5.41) is 0. The molecule has 19 heavy (non-hydrogen) atoms. The van der Waals surface area contributed by atoms with Crippen LogP contribution in [0.3, 0.4) is 0 Å². The van der Waals surface area contributed by atoms with Crippen LogP contribution in [0.2, 0.25) is 0 Å². The molecular formula is C13H11BrN2O3. The zero-order valence-corrected chi connectivity index (χ0v) is 12.0. The molecule has 0 aliphatic heterocycles. The molecule has 0 aliphatic rings. The summed E-state index contributed by atoms with van der Waals surface area (Å²) in [5.74, 6) is 0.310. The van der Waals surface area contributed by atoms with E-state index in [4.69, 9.17) is 4.74 Å². The van der Waals surface area contributed by atoms with E-state index in [0.717, 1.165) is 10.0 Å². The van der Waals surface area contributed by atoms with Crippen LogP contribution in [0.5, 0.6) is 11.6 Å². The average Bonchev–Trinajstić information content (AvgIpc) is 2.42. The lowest BCUT2D eigenvalue weighted by Gasteiger charge is -2.08. The first-order valence-corrected chi connectivity index (χ1v) is 6.25. The molecule has 0 bridgehead atoms. The van der Waals surface area contributed by atoms with Crippen molar-refractivity contribution in [2.45, 2.75) is 6.92 Å². The maximum absolute atomic E-state index is 11.3. The number of carbonyl (C=O) groups is 1. The molecule has 0 radical (unpaired) electrons. The number of carbonyl (C=O) groups excluding carboxylic acids is 1. The van der Waals surface area contributed by atoms with Crippen molar-refractivity contribution in [2.24, 2.45) is 0 Å². The number of rotatable bonds is 3. The molecule has 0 amide bonds. The quantitative estimate of drug-likeness (QED) is 0.812. The minimum atomic E-state index is -0.601. The Bertz CT molecular complexity index is 617. The number of methoxy groups -OCH3 is 1. The topological polar surface area (TPSA) is 61.3 Å². The van der Waals surface area contributed by atoms with E-state index < -0.39 is 5.97 Å². The molecule has 5 nitrogen and oxygen atoms in total. The van der Waals surface area contributed by atoms with Crippen molar-refractivity contribution in [3.8, 4) is 11.6 Å². The molecule has 1 aromatic carbocycles. The van der Waals surface area contributed by atoms with Gasteiger partial charge in [0.25, 0.3) is 0 Å². The number of hydrogen-bond acceptors (Lipinski definition) is 5. The summed E-state index contributed by atoms with van der Waals surface area (Å²) in [4.78, 5) is 19.1. The molecular weight excluding hydrogens is 312 g/mol. The summed E-state index contributed by atoms with van der Waals surface area (Å²) in [6, 6.07) is 7.24. The molecule has 0 N–H and O–H groups in total. The van der Waals surface area contributed by atoms with Gasteiger partial charge in [-0.15, -0.1) is 0 Å². The van der Waals surface area contributed by atoms with E-state index in [9.17, 15) is 4.79 Å². The zero-order valence-electron chi connectivity index (χ0n) is 10.4. The van der Waals surface area contributed by atoms with Gasteiger partial charge in [-0.05, 0) is 24.6 Å². The van der Waals surface area contributed by atoms with Gasteiger partial charge in [0.1, 0.15) is 5.75 Å². The number of esters is 1. The highest BCUT2D eigenvalue weighted by molar-refractivity contribution is 9.10. The Balaban J connectivity index is 2.28. The Labute approximate surface area is 118 Å². The number of aromatic nitrogens is 2. The van der Waals surface area contributed by atoms with E-state index in [1.54, 1.807) is 6.07 Å². The third kappa shape index (κ3) is 3.29. The Morgan fingerprint density at radius 1 is 1.32 bits per heavy atom. The van der Waals surface area contributed by atoms with Gasteiger partial charge in [-0.3, -0.25) is 0 Å². The molecule has 0 unspecified atom stereocenters. The van der Waals surface area contributed by atoms with Crippen molar-refractivity contribution in [3.05, 3.63) is 46.3 Å². The van der Waals surface area contributed by atoms with E-state index in [0.29, 0.717) is 5.75 Å². The van der Waals surface area contributed by atoms with Crippen LogP contribution < -0.4 is 4.74 Å². The lowest BCUT2D eigenvalue weighted by atomic mass is 10.2. The molecule has 0 aliphatic carbocycles. The summed E-state index contributed by atoms with van der Waals surface area (Å²) in [5.41, 5.74) is 0.960. The highest BCUT2D eigenvalue weighted by Gasteiger charge is 2.11. The van der Waals surface area contributed by atoms with Crippen LogP contribution >= 0.6 is 15.9 Å². The summed E-state index contributed by atoms with van der Waals surface area (Å²) < 4.78 is 11.1. The normalized spacial score (nSPS) is 10.1. The maximum Gasteiger partial charge on any atom is 0.376 e. The third-order valence-corrected chi connectivity index (χ3v) is 2.86. The molecule has 0 fully saturated rings. The Hall–Kier alpha value is -1.95. The lowest BCUT2D eigenvalue weighted by Crippen LogP contribution is -2.07. The fourth-order valence-corrected chi connectivity index (χ4v) is 1.73. The van der Waals surface area contributed by atoms with Gasteiger partial charge in [-0.2, -0.15) is 4.98 Å². The zero-order chi connectivity index (χ0) is 13.8. The second kappa shape index (κ2) is 5.79. The number of ether oxygens (including phenoxy) is 2. The van der Waals surface area contributed by atoms with Gasteiger partial charge in [0.2, 0.25) is 11.7 Å². The molecule has 0 saturated heterocycles. The highest BCUT2D eigenvalue weighted by Crippen LogP contribution is 2.26. The van der Waals surface area contributed by atoms with E-state index in [2.05, 4.69) is 30.6 Å². The molecule has 6 heteroatoms. The Kier molecular flexibility index (Phi) is 4.11. The van der Waals surface area contributed by atoms with E-state index in [1.807, 2.05) is 25.1 Å². The predicted octanol–water partition coefficient (Wildman–Crippen LogP) is 3.13. The SMILES string of the molecule is COC(=O)c1nccc(Oc2cc(Br)ccc2C)n1. The van der Waals surface area contributed by atoms with Crippen LogP contribution in [0.15, 0.2) is 34.9 Å². The van der Waals surface area contributed by atoms with Gasteiger partial charge in [0.15, 0.2) is 0 Å². The number of hydrogen-bond donors (Lipinski definition) is 0. The van der Waals surface area contributed by atoms with Crippen molar-refractivity contribution in [1.29, 1.82) is 0 Å². The maximum atomic E-state index is 11.3. The van der Waals surface area contributed by atoms with Crippen LogP contribution in [-0.4, -0.2) is 23.0 Å². The molecule has 98 valence electrons. The van der Waals surface area contributed by atoms with Gasteiger partial charge in [0.05, 0.1) is 7.11 Å². The summed E-state index contributed by atoms with van der Waals surface area (Å²) in [6.07, 6.45) is 1.45. The first kappa shape index (κ1) is 13.5. The van der Waals surface area contributed by atoms with Gasteiger partial charge in [-0.1, -0.05) is 22.0 Å². The average molecular weight is 323 g/mol. The van der Waals surface area contributed by atoms with Crippen LogP contribution in [0.4, 0.5) is 0 Å². The van der Waals surface area contributed by atoms with Crippen LogP contribution in [0, 0.1) is 6.92 Å². The Morgan fingerprint density at radius 2 is 2.11 bits per heavy atom. The van der Waals surface area contributed by atoms with Crippen molar-refractivity contribution < 1.29 is 14.3 Å². The monoisotopic (exact) mass is 322 g/mol. The molecule has 2 aromatic rings. The van der Waals surface area contributed by atoms with Crippen molar-refractivity contribution in [3.63, 3.8) is 0 Å². The first-order valence-electron chi connectivity index (χ1n) is 5.45. The van der Waals surface area contributed by atoms with Gasteiger partial charge in [0, 0.05) is 16.7 Å². The largest absolute Gasteiger partial charge is 0.463 e. The van der Waals surface area contributed by atoms with E-state index in [-0.39, 0.29) is 11.7 Å². The Morgan fingerprint density at radius 3 is 2.84 bits per heavy atom. The second-order valence-electron chi connectivity index (χ2n) is 3.72. The molecule has 2 rings (SSSR count).